The van der Waals surface area contributed by atoms with Crippen LogP contribution in [0.15, 0.2) is 47.6 Å². The number of hydrogen-bond donors (Lipinski definition) is 0. The molecule has 1 aromatic heterocycles. The molecule has 2 nitrogen and oxygen atoms in total. The molecule has 1 aromatic carbocycles. The molecule has 1 atom stereocenters. The van der Waals surface area contributed by atoms with Crippen LogP contribution in [0.1, 0.15) is 11.1 Å². The lowest BCUT2D eigenvalue weighted by molar-refractivity contribution is 0.626. The average molecular weight is 249 g/mol. The largest absolute Gasteiger partial charge is 0.264 e. The van der Waals surface area contributed by atoms with Gasteiger partial charge in [-0.1, -0.05) is 6.07 Å². The van der Waals surface area contributed by atoms with E-state index < -0.39 is 10.8 Å². The fraction of sp³-hybridized carbons (Fsp3) is 0.154. The summed E-state index contributed by atoms with van der Waals surface area (Å²) in [5, 5.41) is 0. The number of aryl methyl sites for hydroxylation is 1. The Balaban J connectivity index is 2.14. The van der Waals surface area contributed by atoms with E-state index in [0.29, 0.717) is 10.6 Å². The van der Waals surface area contributed by atoms with Gasteiger partial charge in [0.15, 0.2) is 0 Å². The van der Waals surface area contributed by atoms with Gasteiger partial charge in [-0.25, -0.2) is 4.39 Å². The van der Waals surface area contributed by atoms with Crippen LogP contribution in [0.5, 0.6) is 0 Å². The Labute approximate surface area is 102 Å². The molecule has 17 heavy (non-hydrogen) atoms. The first-order chi connectivity index (χ1) is 8.15. The number of benzene rings is 1. The molecular weight excluding hydrogens is 237 g/mol. The van der Waals surface area contributed by atoms with Crippen molar-refractivity contribution in [2.75, 3.05) is 0 Å². The second-order valence-corrected chi connectivity index (χ2v) is 5.27. The van der Waals surface area contributed by atoms with Gasteiger partial charge < -0.3 is 0 Å². The van der Waals surface area contributed by atoms with Crippen molar-refractivity contribution in [1.29, 1.82) is 0 Å². The Morgan fingerprint density at radius 1 is 1.24 bits per heavy atom. The zero-order valence-electron chi connectivity index (χ0n) is 9.39. The quantitative estimate of drug-likeness (QED) is 0.837. The van der Waals surface area contributed by atoms with E-state index in [1.165, 1.54) is 12.1 Å². The molecule has 0 aliphatic rings. The highest BCUT2D eigenvalue weighted by Gasteiger charge is 2.05. The lowest BCUT2D eigenvalue weighted by atomic mass is 10.2. The van der Waals surface area contributed by atoms with Crippen molar-refractivity contribution in [2.24, 2.45) is 0 Å². The Morgan fingerprint density at radius 2 is 1.94 bits per heavy atom. The maximum absolute atomic E-state index is 12.7. The van der Waals surface area contributed by atoms with Crippen LogP contribution in [0.4, 0.5) is 4.39 Å². The molecule has 0 saturated heterocycles. The van der Waals surface area contributed by atoms with E-state index in [0.717, 1.165) is 11.1 Å². The number of hydrogen-bond acceptors (Lipinski definition) is 2. The molecule has 4 heteroatoms. The van der Waals surface area contributed by atoms with Crippen LogP contribution in [0.3, 0.4) is 0 Å². The molecule has 1 heterocycles. The molecule has 0 spiro atoms. The highest BCUT2D eigenvalue weighted by atomic mass is 32.2. The molecule has 0 aliphatic heterocycles. The number of halogens is 1. The molecule has 0 bridgehead atoms. The summed E-state index contributed by atoms with van der Waals surface area (Å²) in [6.45, 7) is 1.94. The fourth-order valence-electron chi connectivity index (χ4n) is 1.52. The van der Waals surface area contributed by atoms with E-state index in [2.05, 4.69) is 4.98 Å². The minimum absolute atomic E-state index is 0.317. The summed E-state index contributed by atoms with van der Waals surface area (Å²) in [5.41, 5.74) is 1.96. The van der Waals surface area contributed by atoms with Crippen molar-refractivity contribution in [3.05, 3.63) is 59.7 Å². The smallest absolute Gasteiger partial charge is 0.123 e. The van der Waals surface area contributed by atoms with Crippen LogP contribution in [0.2, 0.25) is 0 Å². The Hall–Kier alpha value is -1.55. The number of rotatable bonds is 3. The van der Waals surface area contributed by atoms with Gasteiger partial charge in [-0.15, -0.1) is 0 Å². The van der Waals surface area contributed by atoms with Crippen molar-refractivity contribution in [3.8, 4) is 0 Å². The van der Waals surface area contributed by atoms with Gasteiger partial charge >= 0.3 is 0 Å². The van der Waals surface area contributed by atoms with Gasteiger partial charge in [0, 0.05) is 17.3 Å². The Morgan fingerprint density at radius 3 is 2.59 bits per heavy atom. The molecule has 0 saturated carbocycles. The van der Waals surface area contributed by atoms with Crippen molar-refractivity contribution in [1.82, 2.24) is 4.98 Å². The van der Waals surface area contributed by atoms with Gasteiger partial charge in [-0.05, 0) is 42.3 Å². The molecule has 0 aliphatic carbocycles. The highest BCUT2D eigenvalue weighted by Crippen LogP contribution is 2.13. The number of aromatic nitrogens is 1. The van der Waals surface area contributed by atoms with Gasteiger partial charge in [0.05, 0.1) is 16.6 Å². The molecule has 0 amide bonds. The lowest BCUT2D eigenvalue weighted by Gasteiger charge is -2.03. The highest BCUT2D eigenvalue weighted by molar-refractivity contribution is 7.84. The second kappa shape index (κ2) is 5.19. The first-order valence-corrected chi connectivity index (χ1v) is 6.51. The van der Waals surface area contributed by atoms with E-state index in [1.807, 2.05) is 13.0 Å². The third-order valence-electron chi connectivity index (χ3n) is 2.31. The standard InChI is InChI=1S/C13H12FNOS/c1-10-6-11(8-15-7-10)9-17(16)13-4-2-12(14)3-5-13/h2-8H,9H2,1H3. The van der Waals surface area contributed by atoms with Crippen LogP contribution in [0.25, 0.3) is 0 Å². The summed E-state index contributed by atoms with van der Waals surface area (Å²) in [4.78, 5) is 4.68. The van der Waals surface area contributed by atoms with Gasteiger partial charge in [0.1, 0.15) is 5.82 Å². The maximum Gasteiger partial charge on any atom is 0.123 e. The van der Waals surface area contributed by atoms with Crippen molar-refractivity contribution >= 4 is 10.8 Å². The summed E-state index contributed by atoms with van der Waals surface area (Å²) in [6, 6.07) is 7.70. The zero-order valence-corrected chi connectivity index (χ0v) is 10.2. The molecular formula is C13H12FNOS. The van der Waals surface area contributed by atoms with Crippen LogP contribution in [-0.2, 0) is 16.6 Å². The molecule has 2 rings (SSSR count). The molecule has 0 fully saturated rings. The Kier molecular flexibility index (Phi) is 3.64. The molecule has 0 radical (unpaired) electrons. The van der Waals surface area contributed by atoms with E-state index in [9.17, 15) is 8.60 Å². The van der Waals surface area contributed by atoms with E-state index in [4.69, 9.17) is 0 Å². The van der Waals surface area contributed by atoms with Crippen molar-refractivity contribution in [2.45, 2.75) is 17.6 Å². The first-order valence-electron chi connectivity index (χ1n) is 5.19. The van der Waals surface area contributed by atoms with E-state index in [1.54, 1.807) is 24.5 Å². The number of nitrogens with zero attached hydrogens (tertiary/aromatic N) is 1. The normalized spacial score (nSPS) is 12.4. The van der Waals surface area contributed by atoms with E-state index in [-0.39, 0.29) is 5.82 Å². The molecule has 2 aromatic rings. The van der Waals surface area contributed by atoms with Gasteiger partial charge in [-0.2, -0.15) is 0 Å². The van der Waals surface area contributed by atoms with Crippen LogP contribution < -0.4 is 0 Å². The monoisotopic (exact) mass is 249 g/mol. The zero-order chi connectivity index (χ0) is 12.3. The Bertz CT molecular complexity index is 539. The third-order valence-corrected chi connectivity index (χ3v) is 3.70. The summed E-state index contributed by atoms with van der Waals surface area (Å²) in [7, 11) is -1.16. The molecule has 1 unspecified atom stereocenters. The maximum atomic E-state index is 12.7. The molecule has 0 N–H and O–H groups in total. The lowest BCUT2D eigenvalue weighted by Crippen LogP contribution is -1.97. The van der Waals surface area contributed by atoms with Crippen LogP contribution in [-0.4, -0.2) is 9.19 Å². The van der Waals surface area contributed by atoms with Gasteiger partial charge in [-0.3, -0.25) is 9.19 Å². The van der Waals surface area contributed by atoms with Gasteiger partial charge in [0.2, 0.25) is 0 Å². The minimum atomic E-state index is -1.16. The predicted molar refractivity (Wildman–Crippen MR) is 65.5 cm³/mol. The first kappa shape index (κ1) is 11.9. The SMILES string of the molecule is Cc1cncc(CS(=O)c2ccc(F)cc2)c1. The third kappa shape index (κ3) is 3.20. The molecule has 88 valence electrons. The van der Waals surface area contributed by atoms with Gasteiger partial charge in [0.25, 0.3) is 0 Å². The van der Waals surface area contributed by atoms with Crippen molar-refractivity contribution < 1.29 is 8.60 Å². The second-order valence-electron chi connectivity index (χ2n) is 3.81. The van der Waals surface area contributed by atoms with Crippen LogP contribution >= 0.6 is 0 Å². The van der Waals surface area contributed by atoms with E-state index >= 15 is 0 Å². The summed E-state index contributed by atoms with van der Waals surface area (Å²) >= 11 is 0. The summed E-state index contributed by atoms with van der Waals surface area (Å²) in [5.74, 6) is 0.0864. The topological polar surface area (TPSA) is 30.0 Å². The minimum Gasteiger partial charge on any atom is -0.264 e. The summed E-state index contributed by atoms with van der Waals surface area (Å²) < 4.78 is 24.7. The number of pyridine rings is 1. The average Bonchev–Trinajstić information content (AvgIpc) is 2.29. The fourth-order valence-corrected chi connectivity index (χ4v) is 2.58. The van der Waals surface area contributed by atoms with Crippen LogP contribution in [0, 0.1) is 12.7 Å². The predicted octanol–water partition coefficient (Wildman–Crippen LogP) is 2.84. The van der Waals surface area contributed by atoms with Crippen molar-refractivity contribution in [3.63, 3.8) is 0 Å². The summed E-state index contributed by atoms with van der Waals surface area (Å²) in [6.07, 6.45) is 3.46.